The molecule has 0 aliphatic rings. The van der Waals surface area contributed by atoms with Gasteiger partial charge in [-0.3, -0.25) is 18.7 Å². The summed E-state index contributed by atoms with van der Waals surface area (Å²) in [6.45, 7) is 1.25. The van der Waals surface area contributed by atoms with Crippen LogP contribution in [0, 0.1) is 11.6 Å². The third-order valence-electron chi connectivity index (χ3n) is 7.49. The number of carboxylic acid groups (broad SMARTS) is 2. The number of hydrogen-bond acceptors (Lipinski definition) is 14. The quantitative estimate of drug-likeness (QED) is 0.0996. The molecule has 0 saturated heterocycles. The van der Waals surface area contributed by atoms with E-state index in [0.717, 1.165) is 12.1 Å². The molecule has 22 heteroatoms. The van der Waals surface area contributed by atoms with E-state index >= 15 is 0 Å². The van der Waals surface area contributed by atoms with Crippen molar-refractivity contribution in [2.75, 3.05) is 17.2 Å². The van der Waals surface area contributed by atoms with Gasteiger partial charge in [-0.15, -0.1) is 20.4 Å². The minimum atomic E-state index is -1.78. The molecule has 0 fully saturated rings. The van der Waals surface area contributed by atoms with E-state index in [9.17, 15) is 38.2 Å². The maximum absolute atomic E-state index is 14.9. The van der Waals surface area contributed by atoms with Crippen LogP contribution in [0.25, 0.3) is 11.6 Å². The number of rotatable bonds is 14. The number of nitrogens with zero attached hydrogens (tertiary/aromatic N) is 8. The number of carbonyl (C=O) groups excluding carboxylic acids is 4. The second-order valence-corrected chi connectivity index (χ2v) is 11.2. The number of imidazole rings is 2. The average molecular weight is 753 g/mol. The van der Waals surface area contributed by atoms with Crippen molar-refractivity contribution in [2.45, 2.75) is 19.4 Å². The summed E-state index contributed by atoms with van der Waals surface area (Å²) in [6, 6.07) is 8.74. The second-order valence-electron chi connectivity index (χ2n) is 11.2. The molecule has 2 N–H and O–H groups in total. The normalized spacial score (nSPS) is 11.0. The van der Waals surface area contributed by atoms with Crippen molar-refractivity contribution in [3.05, 3.63) is 120 Å². The molecule has 0 radical (unpaired) electrons. The number of hydrogen-bond donors (Lipinski definition) is 2. The van der Waals surface area contributed by atoms with Crippen LogP contribution in [-0.4, -0.2) is 76.0 Å². The molecule has 4 aromatic heterocycles. The fraction of sp³-hybridized carbons (Fsp3) is 0.118. The Labute approximate surface area is 338 Å². The van der Waals surface area contributed by atoms with E-state index in [0.29, 0.717) is 23.8 Å². The van der Waals surface area contributed by atoms with Gasteiger partial charge in [-0.1, -0.05) is 0 Å². The first kappa shape index (κ1) is 42.3. The van der Waals surface area contributed by atoms with Crippen LogP contribution in [0.1, 0.15) is 55.0 Å². The standard InChI is InChI=1S/C34H26F2N10O8.2Li/c1-18(54-28-15-26(20(34(51)52)13-22(28)36)40-32(48)24-3-5-30(44-42-24)46-10-8-38-17-46)6-11-53-27-14-25(19(33(49)50)12-21(27)35)39-31(47)23-2-4-29(43-41-23)45-9-7-37-16-45;;/h2-5,7-10,12-18H,6,11H2,1H3,(H,39,47)(H,40,48)(H,49,50)(H,51,52);;/q;2*+1/p-2. The van der Waals surface area contributed by atoms with Gasteiger partial charge in [-0.25, -0.2) is 18.7 Å². The molecule has 0 aliphatic heterocycles. The average Bonchev–Trinajstić information content (AvgIpc) is 3.90. The summed E-state index contributed by atoms with van der Waals surface area (Å²) in [7, 11) is 0. The molecule has 56 heavy (non-hydrogen) atoms. The number of ether oxygens (including phenoxy) is 2. The second kappa shape index (κ2) is 18.7. The topological polar surface area (TPSA) is 244 Å². The zero-order valence-corrected chi connectivity index (χ0v) is 29.7. The van der Waals surface area contributed by atoms with Crippen molar-refractivity contribution >= 4 is 35.1 Å². The molecule has 1 unspecified atom stereocenters. The van der Waals surface area contributed by atoms with E-state index < -0.39 is 64.1 Å². The Balaban J connectivity index is 0.00000348. The minimum absolute atomic E-state index is 0. The summed E-state index contributed by atoms with van der Waals surface area (Å²) >= 11 is 0. The first-order chi connectivity index (χ1) is 26.0. The molecule has 2 aromatic carbocycles. The zero-order chi connectivity index (χ0) is 38.4. The Bertz CT molecular complexity index is 2340. The third-order valence-corrected chi connectivity index (χ3v) is 7.49. The SMILES string of the molecule is CC(CCOc1cc(NC(=O)c2ccc(-n3ccnc3)nn2)c(C(=O)[O-])cc1F)Oc1cc(NC(=O)c2ccc(-n3ccnc3)nn2)c(C(=O)[O-])cc1F.[Li+].[Li+]. The van der Waals surface area contributed by atoms with Gasteiger partial charge in [0, 0.05) is 54.5 Å². The number of aromatic carboxylic acids is 2. The molecule has 18 nitrogen and oxygen atoms in total. The van der Waals surface area contributed by atoms with Crippen LogP contribution in [-0.2, 0) is 0 Å². The number of anilines is 2. The Kier molecular flexibility index (Phi) is 14.2. The van der Waals surface area contributed by atoms with Crippen molar-refractivity contribution in [3.63, 3.8) is 0 Å². The first-order valence-corrected chi connectivity index (χ1v) is 15.6. The van der Waals surface area contributed by atoms with Gasteiger partial charge < -0.3 is 39.9 Å². The number of benzene rings is 2. The predicted molar refractivity (Wildman–Crippen MR) is 176 cm³/mol. The molecule has 6 aromatic rings. The third kappa shape index (κ3) is 9.99. The van der Waals surface area contributed by atoms with E-state index in [2.05, 4.69) is 41.0 Å². The first-order valence-electron chi connectivity index (χ1n) is 15.6. The fourth-order valence-corrected chi connectivity index (χ4v) is 4.79. The van der Waals surface area contributed by atoms with Crippen molar-refractivity contribution < 1.29 is 85.4 Å². The number of nitrogens with one attached hydrogen (secondary N) is 2. The molecule has 4 heterocycles. The molecule has 0 aliphatic carbocycles. The van der Waals surface area contributed by atoms with Crippen molar-refractivity contribution in [1.29, 1.82) is 0 Å². The molecule has 0 spiro atoms. The van der Waals surface area contributed by atoms with Gasteiger partial charge in [0.25, 0.3) is 11.8 Å². The van der Waals surface area contributed by atoms with Crippen LogP contribution >= 0.6 is 0 Å². The summed E-state index contributed by atoms with van der Waals surface area (Å²) in [5, 5.41) is 43.7. The number of halogens is 2. The van der Waals surface area contributed by atoms with E-state index in [-0.39, 0.29) is 73.5 Å². The van der Waals surface area contributed by atoms with E-state index in [1.165, 1.54) is 56.2 Å². The van der Waals surface area contributed by atoms with Crippen LogP contribution < -0.4 is 68.0 Å². The van der Waals surface area contributed by atoms with Gasteiger partial charge in [0.1, 0.15) is 12.7 Å². The van der Waals surface area contributed by atoms with E-state index in [1.54, 1.807) is 21.5 Å². The van der Waals surface area contributed by atoms with Crippen molar-refractivity contribution in [3.8, 4) is 23.1 Å². The maximum atomic E-state index is 14.9. The summed E-state index contributed by atoms with van der Waals surface area (Å²) in [6.07, 6.45) is 8.35. The largest absolute Gasteiger partial charge is 1.00 e. The van der Waals surface area contributed by atoms with Crippen LogP contribution in [0.15, 0.2) is 86.0 Å². The monoisotopic (exact) mass is 752 g/mol. The summed E-state index contributed by atoms with van der Waals surface area (Å²) in [4.78, 5) is 57.0. The van der Waals surface area contributed by atoms with Gasteiger partial charge in [0.2, 0.25) is 0 Å². The van der Waals surface area contributed by atoms with Crippen LogP contribution in [0.4, 0.5) is 20.2 Å². The van der Waals surface area contributed by atoms with Crippen LogP contribution in [0.5, 0.6) is 11.5 Å². The van der Waals surface area contributed by atoms with Gasteiger partial charge >= 0.3 is 37.7 Å². The fourth-order valence-electron chi connectivity index (χ4n) is 4.79. The van der Waals surface area contributed by atoms with Crippen LogP contribution in [0.2, 0.25) is 0 Å². The number of amides is 2. The Hall–Kier alpha value is -6.45. The van der Waals surface area contributed by atoms with Gasteiger partial charge in [0.05, 0.1) is 36.0 Å². The predicted octanol–water partition coefficient (Wildman–Crippen LogP) is -4.61. The number of aromatic nitrogens is 8. The number of carboxylic acids is 2. The Morgan fingerprint density at radius 1 is 0.714 bits per heavy atom. The van der Waals surface area contributed by atoms with Gasteiger partial charge in [-0.05, 0) is 43.3 Å². The zero-order valence-electron chi connectivity index (χ0n) is 29.7. The van der Waals surface area contributed by atoms with E-state index in [1.807, 2.05) is 0 Å². The summed E-state index contributed by atoms with van der Waals surface area (Å²) in [5.74, 6) is -7.63. The minimum Gasteiger partial charge on any atom is -0.545 e. The molecule has 6 rings (SSSR count). The van der Waals surface area contributed by atoms with Crippen molar-refractivity contribution in [2.24, 2.45) is 0 Å². The Morgan fingerprint density at radius 3 is 1.59 bits per heavy atom. The summed E-state index contributed by atoms with van der Waals surface area (Å²) in [5.41, 5.74) is -2.43. The smallest absolute Gasteiger partial charge is 0.545 e. The number of carbonyl (C=O) groups is 4. The summed E-state index contributed by atoms with van der Waals surface area (Å²) < 4.78 is 44.0. The van der Waals surface area contributed by atoms with E-state index in [4.69, 9.17) is 9.47 Å². The Morgan fingerprint density at radius 2 is 1.18 bits per heavy atom. The molecule has 1 atom stereocenters. The molecule has 0 saturated carbocycles. The maximum Gasteiger partial charge on any atom is 1.00 e. The van der Waals surface area contributed by atoms with Crippen LogP contribution in [0.3, 0.4) is 0 Å². The molecule has 2 amide bonds. The van der Waals surface area contributed by atoms with Crippen molar-refractivity contribution in [1.82, 2.24) is 39.5 Å². The molecular weight excluding hydrogens is 728 g/mol. The molecule has 0 bridgehead atoms. The molecule has 274 valence electrons. The van der Waals surface area contributed by atoms with Gasteiger partial charge in [-0.2, -0.15) is 0 Å². The molecular formula is C34H24F2Li2N10O8. The van der Waals surface area contributed by atoms with Gasteiger partial charge in [0.15, 0.2) is 46.2 Å².